The molecule has 0 bridgehead atoms. The van der Waals surface area contributed by atoms with E-state index in [4.69, 9.17) is 82.3 Å². The van der Waals surface area contributed by atoms with Crippen LogP contribution in [0.1, 0.15) is 272 Å². The number of quaternary nitrogens is 2. The van der Waals surface area contributed by atoms with Gasteiger partial charge < -0.3 is 104 Å². The van der Waals surface area contributed by atoms with Crippen molar-refractivity contribution in [3.63, 3.8) is 0 Å². The Bertz CT molecular complexity index is 2260. The second-order valence-corrected chi connectivity index (χ2v) is 36.4. The molecule has 0 rings (SSSR count). The predicted molar refractivity (Wildman–Crippen MR) is 480 cm³/mol. The van der Waals surface area contributed by atoms with Gasteiger partial charge in [-0.1, -0.05) is 211 Å². The third kappa shape index (κ3) is 82.1. The lowest BCUT2D eigenvalue weighted by Gasteiger charge is -2.32. The molecule has 110 heavy (non-hydrogen) atoms. The SMILES string of the molecule is C.C.C.C.C.C.C.C.C.C.CC(C#N)CCC(=O)OCCSSCCOC(=O)CCC(C)C#N.CCC(C)(CCC(C)(SC(C)=S)C(=O)OCCOCCOC)C(=O)OCC[N+](C)(C)C.CCCCCCCCCCCCSC(=S)SC(C)(CCC(C)(CC)C(=O)OCC[N+](C)(C)C)C(=O)OCCOCCOC.[I-].[I-]. The zero-order chi connectivity index (χ0) is 75.0. The minimum absolute atomic E-state index is 0. The minimum atomic E-state index is -0.909. The van der Waals surface area contributed by atoms with Crippen molar-refractivity contribution in [1.82, 2.24) is 0 Å². The van der Waals surface area contributed by atoms with Crippen LogP contribution in [0.2, 0.25) is 0 Å². The number of hydrogen-bond acceptors (Lipinski definition) is 25. The van der Waals surface area contributed by atoms with E-state index >= 15 is 0 Å². The highest BCUT2D eigenvalue weighted by Crippen LogP contribution is 2.42. The van der Waals surface area contributed by atoms with Gasteiger partial charge in [0, 0.05) is 54.6 Å². The molecule has 6 atom stereocenters. The van der Waals surface area contributed by atoms with Crippen LogP contribution in [0, 0.1) is 45.3 Å². The van der Waals surface area contributed by atoms with Crippen molar-refractivity contribution in [2.75, 3.05) is 166 Å². The maximum absolute atomic E-state index is 13.4. The minimum Gasteiger partial charge on any atom is -1.00 e. The van der Waals surface area contributed by atoms with E-state index in [2.05, 4.69) is 61.3 Å². The number of methoxy groups -OCH3 is 2. The molecule has 0 heterocycles. The van der Waals surface area contributed by atoms with Crippen molar-refractivity contribution in [2.24, 2.45) is 22.7 Å². The van der Waals surface area contributed by atoms with Gasteiger partial charge in [-0.3, -0.25) is 28.8 Å². The molecule has 0 spiro atoms. The van der Waals surface area contributed by atoms with Crippen LogP contribution < -0.4 is 48.0 Å². The smallest absolute Gasteiger partial charge is 0.322 e. The molecule has 29 heteroatoms. The van der Waals surface area contributed by atoms with Gasteiger partial charge in [-0.15, -0.1) is 23.5 Å². The van der Waals surface area contributed by atoms with E-state index in [1.807, 2.05) is 41.5 Å². The first-order valence-corrected chi connectivity index (χ1v) is 40.9. The van der Waals surface area contributed by atoms with Crippen LogP contribution in [-0.4, -0.2) is 228 Å². The van der Waals surface area contributed by atoms with Gasteiger partial charge in [0.2, 0.25) is 0 Å². The Morgan fingerprint density at radius 3 is 1.05 bits per heavy atom. The largest absolute Gasteiger partial charge is 1.00 e. The van der Waals surface area contributed by atoms with Gasteiger partial charge in [0.1, 0.15) is 65.8 Å². The zero-order valence-corrected chi connectivity index (χ0v) is 74.3. The Morgan fingerprint density at radius 2 is 0.745 bits per heavy atom. The summed E-state index contributed by atoms with van der Waals surface area (Å²) in [6.45, 7) is 24.8. The van der Waals surface area contributed by atoms with Gasteiger partial charge in [-0.25, -0.2) is 0 Å². The maximum atomic E-state index is 13.4. The number of likely N-dealkylation sites (N-methyl/N-ethyl adjacent to an activating group) is 2. The quantitative estimate of drug-likeness (QED) is 0.0104. The molecule has 0 aromatic heterocycles. The van der Waals surface area contributed by atoms with Crippen molar-refractivity contribution in [2.45, 2.75) is 281 Å². The Hall–Kier alpha value is -1.05. The van der Waals surface area contributed by atoms with Crippen molar-refractivity contribution in [1.29, 1.82) is 10.5 Å². The molecule has 0 radical (unpaired) electrons. The Morgan fingerprint density at radius 1 is 0.427 bits per heavy atom. The summed E-state index contributed by atoms with van der Waals surface area (Å²) in [7, 11) is 18.7. The lowest BCUT2D eigenvalue weighted by atomic mass is 9.80. The number of rotatable bonds is 56. The highest BCUT2D eigenvalue weighted by molar-refractivity contribution is 8.76. The molecule has 666 valence electrons. The van der Waals surface area contributed by atoms with Crippen molar-refractivity contribution in [3.8, 4) is 12.1 Å². The maximum Gasteiger partial charge on any atom is 0.322 e. The molecule has 0 aromatic carbocycles. The number of carbonyl (C=O) groups is 6. The summed E-state index contributed by atoms with van der Waals surface area (Å²) in [5.41, 5.74) is -1.37. The normalized spacial score (nSPS) is 12.8. The lowest BCUT2D eigenvalue weighted by Crippen LogP contribution is -3.00. The molecule has 0 saturated heterocycles. The summed E-state index contributed by atoms with van der Waals surface area (Å²) in [4.78, 5) is 74.9. The summed E-state index contributed by atoms with van der Waals surface area (Å²) < 4.78 is 54.2. The fourth-order valence-electron chi connectivity index (χ4n) is 8.33. The van der Waals surface area contributed by atoms with Crippen LogP contribution >= 0.6 is 81.3 Å². The van der Waals surface area contributed by atoms with E-state index in [-0.39, 0.29) is 196 Å². The standard InChI is InChI=1S/C33H64NO6S3.C22H42NO6S2.C16H24N2O4S2.10CH4.2HI/c1-9-11-12-13-14-15-16-17-18-19-28-42-31(41)43-33(4,30(36)40-27-26-38-25-24-37-8)21-20-32(3,10-2)29(35)39-23-22-34(5,6)7;1-9-21(3,19(24)28-13-12-23(5,6)7)10-11-22(4,31-18(2)30)20(25)29-17-16-27-15-14-26-8;1-13(11-17)3-5-15(19)21-7-9-23-24-10-8-22-16(20)6-4-14(2)12-18;;;;;;;;;;;;/h9-28H2,1-8H3;9-17H2,1-8H3;13-14H,3-10H2,1-2H3;10*1H4;2*1H/q2*+1;;;;;;;;;;;;;/p-2. The highest BCUT2D eigenvalue weighted by atomic mass is 127. The summed E-state index contributed by atoms with van der Waals surface area (Å²) in [5, 5.41) is 17.2. The number of ether oxygens (including phenoxy) is 10. The number of nitrogens with zero attached hydrogens (tertiary/aromatic N) is 4. The molecular formula is C81H170I2N4O16S7. The van der Waals surface area contributed by atoms with Crippen LogP contribution in [-0.2, 0) is 76.1 Å². The van der Waals surface area contributed by atoms with Crippen LogP contribution in [0.15, 0.2) is 0 Å². The van der Waals surface area contributed by atoms with E-state index in [1.165, 1.54) is 81.3 Å². The number of thiocarbonyl (C=S) groups is 2. The Kier molecular flexibility index (Phi) is 114. The van der Waals surface area contributed by atoms with Crippen molar-refractivity contribution in [3.05, 3.63) is 0 Å². The first-order valence-electron chi connectivity index (χ1n) is 35.0. The molecule has 0 N–H and O–H groups in total. The second kappa shape index (κ2) is 87.3. The Labute approximate surface area is 744 Å². The van der Waals surface area contributed by atoms with Gasteiger partial charge in [0.05, 0.1) is 105 Å². The summed E-state index contributed by atoms with van der Waals surface area (Å²) in [5.74, 6) is 0.346. The molecule has 0 aliphatic carbocycles. The van der Waals surface area contributed by atoms with E-state index in [0.717, 1.165) is 37.8 Å². The first-order chi connectivity index (χ1) is 46.1. The second-order valence-electron chi connectivity index (χ2n) is 27.3. The molecule has 0 fully saturated rings. The van der Waals surface area contributed by atoms with E-state index < -0.39 is 20.3 Å². The Balaban J connectivity index is -0.0000000931. The van der Waals surface area contributed by atoms with Crippen molar-refractivity contribution < 1.29 is 133 Å². The molecular weight excluding hydrogens is 1760 g/mol. The summed E-state index contributed by atoms with van der Waals surface area (Å²) >= 11 is 15.3. The van der Waals surface area contributed by atoms with Gasteiger partial charge >= 0.3 is 35.8 Å². The van der Waals surface area contributed by atoms with Gasteiger partial charge in [-0.2, -0.15) is 10.5 Å². The number of unbranched alkanes of at least 4 members (excludes halogenated alkanes) is 9. The van der Waals surface area contributed by atoms with Gasteiger partial charge in [0.25, 0.3) is 0 Å². The van der Waals surface area contributed by atoms with E-state index in [1.54, 1.807) is 68.3 Å². The third-order valence-corrected chi connectivity index (χ3v) is 22.5. The monoisotopic (exact) mass is 1930 g/mol. The predicted octanol–water partition coefficient (Wildman–Crippen LogP) is 15.3. The third-order valence-electron chi connectivity index (χ3n) is 15.8. The van der Waals surface area contributed by atoms with Gasteiger partial charge in [0.15, 0.2) is 0 Å². The molecule has 20 nitrogen and oxygen atoms in total. The van der Waals surface area contributed by atoms with Crippen molar-refractivity contribution >= 4 is 125 Å². The van der Waals surface area contributed by atoms with E-state index in [0.29, 0.717) is 133 Å². The average Bonchev–Trinajstić information content (AvgIpc) is 0.828. The number of carbonyl (C=O) groups excluding carboxylic acids is 6. The molecule has 0 aliphatic heterocycles. The zero-order valence-electron chi connectivity index (χ0n) is 64.3. The molecule has 0 aromatic rings. The first kappa shape index (κ1) is 144. The number of esters is 6. The van der Waals surface area contributed by atoms with E-state index in [9.17, 15) is 28.8 Å². The van der Waals surface area contributed by atoms with Gasteiger partial charge in [-0.05, 0) is 112 Å². The molecule has 0 amide bonds. The summed E-state index contributed by atoms with van der Waals surface area (Å²) in [6.07, 6.45) is 17.7. The van der Waals surface area contributed by atoms with Crippen LogP contribution in [0.3, 0.4) is 0 Å². The van der Waals surface area contributed by atoms with Crippen LogP contribution in [0.5, 0.6) is 0 Å². The number of hydrogen-bond donors (Lipinski definition) is 0. The highest BCUT2D eigenvalue weighted by Gasteiger charge is 2.43. The topological polar surface area (TPSA) is 242 Å². The summed E-state index contributed by atoms with van der Waals surface area (Å²) in [6, 6.07) is 4.15. The average molecular weight is 1930 g/mol. The molecule has 0 aliphatic rings. The molecule has 0 saturated carbocycles. The molecule has 6 unspecified atom stereocenters. The number of thioether (sulfide) groups is 3. The van der Waals surface area contributed by atoms with Crippen LogP contribution in [0.4, 0.5) is 0 Å². The number of halogens is 2. The van der Waals surface area contributed by atoms with Crippen LogP contribution in [0.25, 0.3) is 0 Å². The number of nitriles is 2. The lowest BCUT2D eigenvalue weighted by molar-refractivity contribution is -0.870. The fraction of sp³-hybridized carbons (Fsp3) is 0.877. The fourth-order valence-corrected chi connectivity index (χ4v) is 14.6.